The molecule has 86 valence electrons. The molecule has 2 bridgehead atoms. The van der Waals surface area contributed by atoms with Crippen LogP contribution in [0.2, 0.25) is 0 Å². The van der Waals surface area contributed by atoms with Crippen LogP contribution in [0.15, 0.2) is 0 Å². The Hall–Kier alpha value is 0.430. The van der Waals surface area contributed by atoms with Crippen molar-refractivity contribution in [2.45, 2.75) is 87.6 Å². The van der Waals surface area contributed by atoms with Crippen molar-refractivity contribution in [1.82, 2.24) is 0 Å². The summed E-state index contributed by atoms with van der Waals surface area (Å²) in [5.74, 6) is 0. The molecule has 0 aromatic rings. The molecule has 1 saturated carbocycles. The van der Waals surface area contributed by atoms with E-state index in [1.165, 1.54) is 23.4 Å². The molecule has 0 aromatic heterocycles. The maximum Gasteiger partial charge on any atom is -0.0204 e. The standard InChI is InChI=1S/C14H25P/c1-2-6-12(7-3-1)15-13-8-4-9-14(15)11-5-10-13/h12-14H,1-11H2. The number of rotatable bonds is 1. The zero-order chi connectivity index (χ0) is 10.1. The van der Waals surface area contributed by atoms with Gasteiger partial charge in [0, 0.05) is 0 Å². The first-order valence-electron chi connectivity index (χ1n) is 7.22. The van der Waals surface area contributed by atoms with E-state index in [0.29, 0.717) is 7.92 Å². The lowest BCUT2D eigenvalue weighted by Gasteiger charge is -2.48. The van der Waals surface area contributed by atoms with Crippen LogP contribution >= 0.6 is 7.92 Å². The van der Waals surface area contributed by atoms with E-state index in [1.54, 1.807) is 64.2 Å². The Bertz CT molecular complexity index is 185. The summed E-state index contributed by atoms with van der Waals surface area (Å²) in [5.41, 5.74) is 3.65. The first-order valence-corrected chi connectivity index (χ1v) is 8.77. The summed E-state index contributed by atoms with van der Waals surface area (Å²) in [6.45, 7) is 0. The van der Waals surface area contributed by atoms with Crippen molar-refractivity contribution in [3.8, 4) is 0 Å². The lowest BCUT2D eigenvalue weighted by Crippen LogP contribution is -2.32. The largest absolute Gasteiger partial charge is 0.0971 e. The predicted octanol–water partition coefficient (Wildman–Crippen LogP) is 4.91. The van der Waals surface area contributed by atoms with Crippen molar-refractivity contribution in [1.29, 1.82) is 0 Å². The minimum Gasteiger partial charge on any atom is -0.0971 e. The molecule has 1 aliphatic carbocycles. The fourth-order valence-electron chi connectivity index (χ4n) is 4.34. The van der Waals surface area contributed by atoms with Crippen LogP contribution in [0.5, 0.6) is 0 Å². The SMILES string of the molecule is C1CCC(P2C3CCCC2CCC3)CC1. The minimum atomic E-state index is 0.472. The molecular weight excluding hydrogens is 199 g/mol. The quantitative estimate of drug-likeness (QED) is 0.555. The molecule has 0 radical (unpaired) electrons. The normalized spacial score (nSPS) is 42.8. The van der Waals surface area contributed by atoms with Gasteiger partial charge in [0.05, 0.1) is 0 Å². The Morgan fingerprint density at radius 2 is 0.867 bits per heavy atom. The predicted molar refractivity (Wildman–Crippen MR) is 69.1 cm³/mol. The summed E-state index contributed by atoms with van der Waals surface area (Å²) in [6, 6.07) is 0. The van der Waals surface area contributed by atoms with Gasteiger partial charge in [-0.2, -0.15) is 0 Å². The maximum atomic E-state index is 1.61. The fraction of sp³-hybridized carbons (Fsp3) is 1.00. The highest BCUT2D eigenvalue weighted by atomic mass is 31.1. The summed E-state index contributed by atoms with van der Waals surface area (Å²) in [4.78, 5) is 0. The second-order valence-electron chi connectivity index (χ2n) is 5.91. The van der Waals surface area contributed by atoms with E-state index >= 15 is 0 Å². The van der Waals surface area contributed by atoms with Gasteiger partial charge in [0.25, 0.3) is 0 Å². The fourth-order valence-corrected chi connectivity index (χ4v) is 9.01. The molecular formula is C14H25P. The average molecular weight is 224 g/mol. The van der Waals surface area contributed by atoms with Gasteiger partial charge in [-0.25, -0.2) is 0 Å². The van der Waals surface area contributed by atoms with Gasteiger partial charge in [0.15, 0.2) is 0 Å². The van der Waals surface area contributed by atoms with E-state index in [4.69, 9.17) is 0 Å². The van der Waals surface area contributed by atoms with Crippen LogP contribution in [0.3, 0.4) is 0 Å². The molecule has 0 aromatic carbocycles. The lowest BCUT2D eigenvalue weighted by atomic mass is 9.98. The molecule has 0 spiro atoms. The van der Waals surface area contributed by atoms with E-state index in [1.807, 2.05) is 0 Å². The van der Waals surface area contributed by atoms with Crippen LogP contribution in [-0.2, 0) is 0 Å². The second-order valence-corrected chi connectivity index (χ2v) is 8.99. The molecule has 0 unspecified atom stereocenters. The Kier molecular flexibility index (Phi) is 3.34. The van der Waals surface area contributed by atoms with Crippen LogP contribution in [0, 0.1) is 0 Å². The Balaban J connectivity index is 1.71. The summed E-state index contributed by atoms with van der Waals surface area (Å²) in [6.07, 6.45) is 17.5. The van der Waals surface area contributed by atoms with Crippen molar-refractivity contribution >= 4 is 7.92 Å². The van der Waals surface area contributed by atoms with Crippen molar-refractivity contribution in [2.75, 3.05) is 0 Å². The van der Waals surface area contributed by atoms with Crippen LogP contribution in [0.25, 0.3) is 0 Å². The van der Waals surface area contributed by atoms with Gasteiger partial charge < -0.3 is 0 Å². The van der Waals surface area contributed by atoms with Gasteiger partial charge in [0.2, 0.25) is 0 Å². The summed E-state index contributed by atoms with van der Waals surface area (Å²) in [7, 11) is 0.472. The van der Waals surface area contributed by atoms with E-state index in [2.05, 4.69) is 0 Å². The van der Waals surface area contributed by atoms with Crippen LogP contribution < -0.4 is 0 Å². The smallest absolute Gasteiger partial charge is 0.0204 e. The first-order chi connectivity index (χ1) is 7.45. The molecule has 3 rings (SSSR count). The zero-order valence-electron chi connectivity index (χ0n) is 9.96. The van der Waals surface area contributed by atoms with E-state index in [9.17, 15) is 0 Å². The highest BCUT2D eigenvalue weighted by Crippen LogP contribution is 2.64. The van der Waals surface area contributed by atoms with E-state index in [0.717, 1.165) is 0 Å². The molecule has 0 nitrogen and oxygen atoms in total. The van der Waals surface area contributed by atoms with Crippen molar-refractivity contribution < 1.29 is 0 Å². The second kappa shape index (κ2) is 4.74. The molecule has 3 aliphatic rings. The average Bonchev–Trinajstić information content (AvgIpc) is 2.29. The number of fused-ring (bicyclic) bond motifs is 2. The molecule has 1 heteroatoms. The van der Waals surface area contributed by atoms with Crippen LogP contribution in [0.1, 0.15) is 70.6 Å². The van der Waals surface area contributed by atoms with Crippen molar-refractivity contribution in [2.24, 2.45) is 0 Å². The molecule has 2 aliphatic heterocycles. The molecule has 15 heavy (non-hydrogen) atoms. The first kappa shape index (κ1) is 10.6. The van der Waals surface area contributed by atoms with Crippen LogP contribution in [-0.4, -0.2) is 17.0 Å². The van der Waals surface area contributed by atoms with Gasteiger partial charge >= 0.3 is 0 Å². The molecule has 0 amide bonds. The molecule has 2 saturated heterocycles. The number of hydrogen-bond acceptors (Lipinski definition) is 0. The van der Waals surface area contributed by atoms with Gasteiger partial charge in [-0.3, -0.25) is 0 Å². The van der Waals surface area contributed by atoms with Crippen molar-refractivity contribution in [3.63, 3.8) is 0 Å². The molecule has 2 heterocycles. The Labute approximate surface area is 96.0 Å². The van der Waals surface area contributed by atoms with Gasteiger partial charge in [-0.05, 0) is 55.5 Å². The Morgan fingerprint density at radius 1 is 0.467 bits per heavy atom. The van der Waals surface area contributed by atoms with Crippen molar-refractivity contribution in [3.05, 3.63) is 0 Å². The summed E-state index contributed by atoms with van der Waals surface area (Å²) in [5, 5.41) is 0. The maximum absolute atomic E-state index is 1.61. The molecule has 3 fully saturated rings. The third-order valence-electron chi connectivity index (χ3n) is 4.99. The lowest BCUT2D eigenvalue weighted by molar-refractivity contribution is 0.448. The summed E-state index contributed by atoms with van der Waals surface area (Å²) < 4.78 is 0. The topological polar surface area (TPSA) is 0 Å². The third kappa shape index (κ3) is 2.12. The monoisotopic (exact) mass is 224 g/mol. The van der Waals surface area contributed by atoms with E-state index in [-0.39, 0.29) is 0 Å². The van der Waals surface area contributed by atoms with Crippen LogP contribution in [0.4, 0.5) is 0 Å². The van der Waals surface area contributed by atoms with Gasteiger partial charge in [-0.15, -0.1) is 0 Å². The van der Waals surface area contributed by atoms with Gasteiger partial charge in [-0.1, -0.05) is 40.0 Å². The number of hydrogen-bond donors (Lipinski definition) is 0. The highest BCUT2D eigenvalue weighted by Gasteiger charge is 2.40. The Morgan fingerprint density at radius 3 is 1.33 bits per heavy atom. The van der Waals surface area contributed by atoms with Gasteiger partial charge in [0.1, 0.15) is 0 Å². The third-order valence-corrected chi connectivity index (χ3v) is 9.07. The summed E-state index contributed by atoms with van der Waals surface area (Å²) >= 11 is 0. The highest BCUT2D eigenvalue weighted by molar-refractivity contribution is 7.60. The minimum absolute atomic E-state index is 0.472. The molecule has 0 N–H and O–H groups in total. The van der Waals surface area contributed by atoms with E-state index < -0.39 is 0 Å². The molecule has 0 atom stereocenters. The zero-order valence-corrected chi connectivity index (χ0v) is 10.9.